The van der Waals surface area contributed by atoms with Crippen LogP contribution in [0.5, 0.6) is 0 Å². The highest BCUT2D eigenvalue weighted by molar-refractivity contribution is 7.10. The lowest BCUT2D eigenvalue weighted by Crippen LogP contribution is -2.24. The number of hydrogen-bond donors (Lipinski definition) is 2. The van der Waals surface area contributed by atoms with Crippen molar-refractivity contribution in [2.24, 2.45) is 5.73 Å². The van der Waals surface area contributed by atoms with Gasteiger partial charge in [-0.2, -0.15) is 0 Å². The van der Waals surface area contributed by atoms with Crippen LogP contribution in [-0.2, 0) is 6.54 Å². The monoisotopic (exact) mass is 299 g/mol. The van der Waals surface area contributed by atoms with E-state index in [1.807, 2.05) is 29.8 Å². The average Bonchev–Trinajstić information content (AvgIpc) is 3.04. The summed E-state index contributed by atoms with van der Waals surface area (Å²) >= 11 is 1.60. The molecular weight excluding hydrogens is 282 g/mol. The van der Waals surface area contributed by atoms with E-state index in [1.54, 1.807) is 11.3 Å². The second-order valence-electron chi connectivity index (χ2n) is 5.02. The zero-order chi connectivity index (χ0) is 14.7. The van der Waals surface area contributed by atoms with Crippen molar-refractivity contribution < 1.29 is 4.79 Å². The van der Waals surface area contributed by atoms with Crippen molar-refractivity contribution in [3.8, 4) is 11.8 Å². The average molecular weight is 299 g/mol. The Labute approximate surface area is 128 Å². The van der Waals surface area contributed by atoms with Gasteiger partial charge in [0.05, 0.1) is 13.1 Å². The summed E-state index contributed by atoms with van der Waals surface area (Å²) < 4.78 is 2.07. The van der Waals surface area contributed by atoms with Gasteiger partial charge in [0, 0.05) is 28.1 Å². The number of amides is 1. The molecule has 1 amide bonds. The Bertz CT molecular complexity index is 700. The highest BCUT2D eigenvalue weighted by Crippen LogP contribution is 2.35. The van der Waals surface area contributed by atoms with Gasteiger partial charge in [0.25, 0.3) is 5.91 Å². The fraction of sp³-hybridized carbons (Fsp3) is 0.312. The highest BCUT2D eigenvalue weighted by atomic mass is 32.1. The van der Waals surface area contributed by atoms with Gasteiger partial charge in [-0.3, -0.25) is 4.79 Å². The number of hydrogen-bond acceptors (Lipinski definition) is 3. The molecule has 2 heterocycles. The summed E-state index contributed by atoms with van der Waals surface area (Å²) in [5.74, 6) is 5.80. The molecule has 5 heteroatoms. The van der Waals surface area contributed by atoms with Gasteiger partial charge in [-0.1, -0.05) is 11.8 Å². The minimum atomic E-state index is -0.0186. The molecule has 3 rings (SSSR count). The van der Waals surface area contributed by atoms with E-state index in [1.165, 1.54) is 12.8 Å². The number of aromatic nitrogens is 1. The maximum Gasteiger partial charge on any atom is 0.268 e. The Hall–Kier alpha value is -2.03. The molecule has 2 aromatic rings. The minimum absolute atomic E-state index is 0.0186. The second-order valence-corrected chi connectivity index (χ2v) is 6.02. The molecule has 0 aliphatic heterocycles. The minimum Gasteiger partial charge on any atom is -0.346 e. The van der Waals surface area contributed by atoms with Gasteiger partial charge in [-0.15, -0.1) is 11.3 Å². The van der Waals surface area contributed by atoms with Crippen LogP contribution in [0.15, 0.2) is 29.8 Å². The largest absolute Gasteiger partial charge is 0.346 e. The predicted molar refractivity (Wildman–Crippen MR) is 84.1 cm³/mol. The molecule has 108 valence electrons. The number of carbonyl (C=O) groups is 1. The molecule has 3 N–H and O–H groups in total. The molecule has 1 aliphatic carbocycles. The van der Waals surface area contributed by atoms with Crippen LogP contribution in [-0.4, -0.2) is 17.0 Å². The lowest BCUT2D eigenvalue weighted by molar-refractivity contribution is 0.0942. The van der Waals surface area contributed by atoms with Crippen LogP contribution >= 0.6 is 11.3 Å². The summed E-state index contributed by atoms with van der Waals surface area (Å²) in [7, 11) is 0. The lowest BCUT2D eigenvalue weighted by atomic mass is 10.3. The van der Waals surface area contributed by atoms with Crippen LogP contribution in [0.25, 0.3) is 0 Å². The zero-order valence-corrected chi connectivity index (χ0v) is 12.5. The summed E-state index contributed by atoms with van der Waals surface area (Å²) in [4.78, 5) is 13.3. The van der Waals surface area contributed by atoms with Crippen LogP contribution in [0.2, 0.25) is 0 Å². The quantitative estimate of drug-likeness (QED) is 0.850. The van der Waals surface area contributed by atoms with Crippen molar-refractivity contribution in [2.45, 2.75) is 25.4 Å². The number of thiophene rings is 1. The molecule has 1 aliphatic rings. The molecule has 0 saturated heterocycles. The molecule has 21 heavy (non-hydrogen) atoms. The van der Waals surface area contributed by atoms with Crippen LogP contribution in [0.1, 0.15) is 39.8 Å². The summed E-state index contributed by atoms with van der Waals surface area (Å²) in [6.07, 6.45) is 4.32. The van der Waals surface area contributed by atoms with E-state index in [0.717, 1.165) is 16.1 Å². The van der Waals surface area contributed by atoms with Crippen LogP contribution in [0.4, 0.5) is 0 Å². The smallest absolute Gasteiger partial charge is 0.268 e. The number of rotatable bonds is 4. The third kappa shape index (κ3) is 3.35. The molecule has 0 aromatic carbocycles. The predicted octanol–water partition coefficient (Wildman–Crippen LogP) is 2.12. The molecule has 0 unspecified atom stereocenters. The molecular formula is C16H17N3OS. The van der Waals surface area contributed by atoms with E-state index >= 15 is 0 Å². The van der Waals surface area contributed by atoms with Gasteiger partial charge < -0.3 is 15.6 Å². The SMILES string of the molecule is NCC#Cc1csc(CNC(=O)c2cccn2C2CC2)c1. The fourth-order valence-corrected chi connectivity index (χ4v) is 2.96. The number of nitrogens with zero attached hydrogens (tertiary/aromatic N) is 1. The Morgan fingerprint density at radius 1 is 1.52 bits per heavy atom. The lowest BCUT2D eigenvalue weighted by Gasteiger charge is -2.07. The van der Waals surface area contributed by atoms with Crippen molar-refractivity contribution in [2.75, 3.05) is 6.54 Å². The highest BCUT2D eigenvalue weighted by Gasteiger charge is 2.26. The topological polar surface area (TPSA) is 60.0 Å². The van der Waals surface area contributed by atoms with Crippen molar-refractivity contribution in [3.05, 3.63) is 45.9 Å². The van der Waals surface area contributed by atoms with Crippen LogP contribution in [0.3, 0.4) is 0 Å². The molecule has 0 radical (unpaired) electrons. The maximum absolute atomic E-state index is 12.2. The van der Waals surface area contributed by atoms with Gasteiger partial charge in [0.15, 0.2) is 0 Å². The maximum atomic E-state index is 12.2. The summed E-state index contributed by atoms with van der Waals surface area (Å²) in [6, 6.07) is 6.31. The van der Waals surface area contributed by atoms with E-state index in [0.29, 0.717) is 19.1 Å². The number of carbonyl (C=O) groups excluding carboxylic acids is 1. The van der Waals surface area contributed by atoms with Gasteiger partial charge in [0.2, 0.25) is 0 Å². The standard InChI is InChI=1S/C16H17N3OS/c17-7-1-3-12-9-14(21-11-12)10-18-16(20)15-4-2-8-19(15)13-5-6-13/h2,4,8-9,11,13H,5-7,10,17H2,(H,18,20). The molecule has 0 atom stereocenters. The first kappa shape index (κ1) is 13.9. The Morgan fingerprint density at radius 2 is 2.38 bits per heavy atom. The second kappa shape index (κ2) is 6.17. The van der Waals surface area contributed by atoms with Gasteiger partial charge in [-0.05, 0) is 31.0 Å². The van der Waals surface area contributed by atoms with Crippen molar-refractivity contribution in [3.63, 3.8) is 0 Å². The molecule has 2 aromatic heterocycles. The van der Waals surface area contributed by atoms with Gasteiger partial charge >= 0.3 is 0 Å². The van der Waals surface area contributed by atoms with E-state index in [2.05, 4.69) is 21.7 Å². The Morgan fingerprint density at radius 3 is 3.14 bits per heavy atom. The summed E-state index contributed by atoms with van der Waals surface area (Å²) in [6.45, 7) is 0.893. The van der Waals surface area contributed by atoms with E-state index in [-0.39, 0.29) is 5.91 Å². The summed E-state index contributed by atoms with van der Waals surface area (Å²) in [5, 5.41) is 4.95. The Kier molecular flexibility index (Phi) is 4.09. The van der Waals surface area contributed by atoms with Crippen molar-refractivity contribution in [1.82, 2.24) is 9.88 Å². The third-order valence-electron chi connectivity index (χ3n) is 3.36. The zero-order valence-electron chi connectivity index (χ0n) is 11.6. The molecule has 4 nitrogen and oxygen atoms in total. The molecule has 0 bridgehead atoms. The van der Waals surface area contributed by atoms with E-state index in [4.69, 9.17) is 5.73 Å². The number of nitrogens with two attached hydrogens (primary N) is 1. The van der Waals surface area contributed by atoms with E-state index < -0.39 is 0 Å². The first-order chi connectivity index (χ1) is 10.3. The van der Waals surface area contributed by atoms with Crippen molar-refractivity contribution in [1.29, 1.82) is 0 Å². The van der Waals surface area contributed by atoms with Gasteiger partial charge in [-0.25, -0.2) is 0 Å². The first-order valence-corrected chi connectivity index (χ1v) is 7.87. The Balaban J connectivity index is 1.60. The van der Waals surface area contributed by atoms with Crippen molar-refractivity contribution >= 4 is 17.2 Å². The molecule has 0 spiro atoms. The summed E-state index contributed by atoms with van der Waals surface area (Å²) in [5.41, 5.74) is 7.05. The van der Waals surface area contributed by atoms with Gasteiger partial charge in [0.1, 0.15) is 5.69 Å². The van der Waals surface area contributed by atoms with E-state index in [9.17, 15) is 4.79 Å². The molecule has 1 fully saturated rings. The fourth-order valence-electron chi connectivity index (χ4n) is 2.21. The van der Waals surface area contributed by atoms with Crippen LogP contribution in [0, 0.1) is 11.8 Å². The third-order valence-corrected chi connectivity index (χ3v) is 4.30. The number of nitrogens with one attached hydrogen (secondary N) is 1. The normalized spacial score (nSPS) is 13.6. The van der Waals surface area contributed by atoms with Crippen LogP contribution < -0.4 is 11.1 Å². The first-order valence-electron chi connectivity index (χ1n) is 6.99. The molecule has 1 saturated carbocycles.